The van der Waals surface area contributed by atoms with E-state index in [4.69, 9.17) is 11.6 Å². The van der Waals surface area contributed by atoms with Crippen LogP contribution >= 0.6 is 11.6 Å². The van der Waals surface area contributed by atoms with E-state index in [1.54, 1.807) is 17.0 Å². The average molecular weight is 485 g/mol. The molecule has 0 radical (unpaired) electrons. The molecule has 2 aromatic rings. The number of carbonyl (C=O) groups is 3. The smallest absolute Gasteiger partial charge is 0.269 e. The lowest BCUT2D eigenvalue weighted by Gasteiger charge is -2.45. The van der Waals surface area contributed by atoms with Gasteiger partial charge >= 0.3 is 0 Å². The topological polar surface area (TPSA) is 119 Å². The first kappa shape index (κ1) is 24.8. The third-order valence-electron chi connectivity index (χ3n) is 5.53. The number of rotatable bonds is 5. The fourth-order valence-electron chi connectivity index (χ4n) is 3.93. The number of halogens is 2. The summed E-state index contributed by atoms with van der Waals surface area (Å²) in [5.41, 5.74) is 0.951. The molecule has 3 amide bonds. The van der Waals surface area contributed by atoms with Gasteiger partial charge in [-0.05, 0) is 29.8 Å². The highest BCUT2D eigenvalue weighted by atomic mass is 35.5. The predicted octanol–water partition coefficient (Wildman–Crippen LogP) is 2.50. The first-order valence-corrected chi connectivity index (χ1v) is 10.7. The van der Waals surface area contributed by atoms with Gasteiger partial charge in [-0.3, -0.25) is 14.4 Å². The van der Waals surface area contributed by atoms with E-state index in [1.807, 2.05) is 0 Å². The Hall–Kier alpha value is -3.84. The third-order valence-corrected chi connectivity index (χ3v) is 5.73. The van der Waals surface area contributed by atoms with Crippen LogP contribution in [-0.4, -0.2) is 63.7 Å². The van der Waals surface area contributed by atoms with Gasteiger partial charge < -0.3 is 15.1 Å². The molecular weight excluding hydrogens is 463 g/mol. The summed E-state index contributed by atoms with van der Waals surface area (Å²) in [6.45, 7) is 5.18. The van der Waals surface area contributed by atoms with Crippen LogP contribution in [0.15, 0.2) is 36.9 Å². The second-order valence-corrected chi connectivity index (χ2v) is 8.04. The van der Waals surface area contributed by atoms with Crippen molar-refractivity contribution in [3.05, 3.63) is 59.3 Å². The summed E-state index contributed by atoms with van der Waals surface area (Å²) in [6, 6.07) is 6.65. The summed E-state index contributed by atoms with van der Waals surface area (Å²) in [6.07, 6.45) is 1.22. The van der Waals surface area contributed by atoms with Crippen molar-refractivity contribution in [1.82, 2.24) is 25.1 Å². The summed E-state index contributed by atoms with van der Waals surface area (Å²) in [4.78, 5) is 47.9. The van der Waals surface area contributed by atoms with Gasteiger partial charge in [0.15, 0.2) is 0 Å². The van der Waals surface area contributed by atoms with Crippen molar-refractivity contribution in [2.45, 2.75) is 25.4 Å². The molecule has 0 bridgehead atoms. The molecule has 0 unspecified atom stereocenters. The van der Waals surface area contributed by atoms with E-state index in [9.17, 15) is 24.0 Å². The number of nitriles is 1. The molecule has 11 heteroatoms. The monoisotopic (exact) mass is 484 g/mol. The third kappa shape index (κ3) is 5.21. The largest absolute Gasteiger partial charge is 0.354 e. The molecule has 0 saturated carbocycles. The summed E-state index contributed by atoms with van der Waals surface area (Å²) < 4.78 is 14.1. The van der Waals surface area contributed by atoms with Gasteiger partial charge in [0.2, 0.25) is 17.8 Å². The Bertz CT molecular complexity index is 1200. The molecule has 2 aromatic heterocycles. The fraction of sp³-hybridized carbons (Fsp3) is 0.304. The van der Waals surface area contributed by atoms with Crippen LogP contribution in [0.5, 0.6) is 0 Å². The molecule has 1 N–H and O–H groups in total. The lowest BCUT2D eigenvalue weighted by atomic mass is 9.97. The molecule has 34 heavy (non-hydrogen) atoms. The molecule has 0 aliphatic carbocycles. The number of pyridine rings is 2. The zero-order chi connectivity index (χ0) is 25.0. The van der Waals surface area contributed by atoms with Crippen LogP contribution in [0.2, 0.25) is 5.15 Å². The predicted molar refractivity (Wildman–Crippen MR) is 122 cm³/mol. The van der Waals surface area contributed by atoms with Gasteiger partial charge in [0.05, 0.1) is 30.3 Å². The second kappa shape index (κ2) is 10.4. The number of hydrogen-bond donors (Lipinski definition) is 1. The van der Waals surface area contributed by atoms with Crippen LogP contribution in [0.3, 0.4) is 0 Å². The first-order chi connectivity index (χ1) is 16.2. The van der Waals surface area contributed by atoms with Crippen molar-refractivity contribution < 1.29 is 18.8 Å². The van der Waals surface area contributed by atoms with E-state index in [-0.39, 0.29) is 53.4 Å². The molecule has 0 spiro atoms. The Labute approximate surface area is 200 Å². The molecule has 3 rings (SSSR count). The number of nitrogens with zero attached hydrogens (tertiary/aromatic N) is 5. The van der Waals surface area contributed by atoms with E-state index in [2.05, 4.69) is 27.9 Å². The minimum absolute atomic E-state index is 0.0526. The number of amides is 3. The summed E-state index contributed by atoms with van der Waals surface area (Å²) in [7, 11) is 1.40. The van der Waals surface area contributed by atoms with Crippen molar-refractivity contribution in [2.75, 3.05) is 20.1 Å². The van der Waals surface area contributed by atoms with E-state index < -0.39 is 23.9 Å². The van der Waals surface area contributed by atoms with Crippen LogP contribution in [0.25, 0.3) is 11.3 Å². The van der Waals surface area contributed by atoms with E-state index in [0.717, 1.165) is 12.1 Å². The Morgan fingerprint density at radius 3 is 2.62 bits per heavy atom. The number of hydrogen-bond acceptors (Lipinski definition) is 6. The van der Waals surface area contributed by atoms with Crippen LogP contribution in [0.1, 0.15) is 35.4 Å². The molecular formula is C23H22ClFN6O3. The zero-order valence-electron chi connectivity index (χ0n) is 18.6. The maximum absolute atomic E-state index is 14.1. The van der Waals surface area contributed by atoms with Crippen molar-refractivity contribution in [2.24, 2.45) is 0 Å². The molecule has 1 aliphatic heterocycles. The Morgan fingerprint density at radius 1 is 1.26 bits per heavy atom. The average Bonchev–Trinajstić information content (AvgIpc) is 2.82. The molecule has 176 valence electrons. The highest BCUT2D eigenvalue weighted by molar-refractivity contribution is 6.29. The summed E-state index contributed by atoms with van der Waals surface area (Å²) in [5.74, 6) is -2.05. The molecule has 9 nitrogen and oxygen atoms in total. The number of piperazine rings is 1. The molecule has 0 aromatic carbocycles. The molecule has 1 fully saturated rings. The first-order valence-electron chi connectivity index (χ1n) is 10.3. The Balaban J connectivity index is 2.08. The van der Waals surface area contributed by atoms with Gasteiger partial charge in [0.1, 0.15) is 10.8 Å². The minimum Gasteiger partial charge on any atom is -0.354 e. The normalized spacial score (nSPS) is 17.6. The van der Waals surface area contributed by atoms with Gasteiger partial charge in [0.25, 0.3) is 5.91 Å². The summed E-state index contributed by atoms with van der Waals surface area (Å²) >= 11 is 6.28. The van der Waals surface area contributed by atoms with Crippen molar-refractivity contribution in [3.8, 4) is 17.3 Å². The molecule has 1 aliphatic rings. The van der Waals surface area contributed by atoms with E-state index >= 15 is 0 Å². The van der Waals surface area contributed by atoms with E-state index in [1.165, 1.54) is 24.9 Å². The highest BCUT2D eigenvalue weighted by Crippen LogP contribution is 2.33. The SMILES string of the molecule is C=CC(=O)N1C[C@@H](c2cc(Cl)nc(-c3cc(F)nc(C(=O)NC)c3)c2)N(C(C)=O)C[C@@H]1CC#N. The number of nitrogens with one attached hydrogen (secondary N) is 1. The lowest BCUT2D eigenvalue weighted by molar-refractivity contribution is -0.143. The van der Waals surface area contributed by atoms with Gasteiger partial charge in [-0.15, -0.1) is 0 Å². The standard InChI is InChI=1S/C23H22ClFN6O3/c1-4-22(33)31-12-19(30(13(2)32)11-16(31)5-6-26)15-8-17(28-20(24)9-15)14-7-18(23(34)27-3)29-21(25)10-14/h4,7-10,16,19H,1,5,11-12H2,2-3H3,(H,27,34)/t16-,19-/m0/s1. The van der Waals surface area contributed by atoms with Crippen LogP contribution in [-0.2, 0) is 9.59 Å². The zero-order valence-corrected chi connectivity index (χ0v) is 19.3. The Kier molecular flexibility index (Phi) is 7.58. The van der Waals surface area contributed by atoms with Gasteiger partial charge in [-0.2, -0.15) is 9.65 Å². The maximum Gasteiger partial charge on any atom is 0.269 e. The number of carbonyl (C=O) groups excluding carboxylic acids is 3. The maximum atomic E-state index is 14.1. The van der Waals surface area contributed by atoms with E-state index in [0.29, 0.717) is 5.56 Å². The Morgan fingerprint density at radius 2 is 2.00 bits per heavy atom. The number of aromatic nitrogens is 2. The van der Waals surface area contributed by atoms with Crippen LogP contribution in [0, 0.1) is 17.3 Å². The van der Waals surface area contributed by atoms with Crippen molar-refractivity contribution in [3.63, 3.8) is 0 Å². The van der Waals surface area contributed by atoms with Crippen molar-refractivity contribution >= 4 is 29.3 Å². The van der Waals surface area contributed by atoms with Gasteiger partial charge in [-0.1, -0.05) is 18.2 Å². The molecule has 1 saturated heterocycles. The molecule has 2 atom stereocenters. The van der Waals surface area contributed by atoms with Gasteiger partial charge in [-0.25, -0.2) is 9.97 Å². The lowest BCUT2D eigenvalue weighted by Crippen LogP contribution is -2.57. The van der Waals surface area contributed by atoms with Crippen LogP contribution < -0.4 is 5.32 Å². The van der Waals surface area contributed by atoms with Crippen molar-refractivity contribution in [1.29, 1.82) is 5.26 Å². The van der Waals surface area contributed by atoms with Crippen LogP contribution in [0.4, 0.5) is 4.39 Å². The fourth-order valence-corrected chi connectivity index (χ4v) is 4.15. The summed E-state index contributed by atoms with van der Waals surface area (Å²) in [5, 5.41) is 11.7. The quantitative estimate of drug-likeness (QED) is 0.514. The van der Waals surface area contributed by atoms with Gasteiger partial charge in [0, 0.05) is 38.7 Å². The molecule has 3 heterocycles. The highest BCUT2D eigenvalue weighted by Gasteiger charge is 2.38. The minimum atomic E-state index is -0.871. The second-order valence-electron chi connectivity index (χ2n) is 7.65.